The van der Waals surface area contributed by atoms with Crippen LogP contribution in [0, 0.1) is 0 Å². The van der Waals surface area contributed by atoms with Gasteiger partial charge in [0.25, 0.3) is 0 Å². The molecule has 1 aromatic rings. The number of nitrogens with two attached hydrogens (primary N) is 1. The maximum atomic E-state index is 5.82. The Morgan fingerprint density at radius 1 is 1.50 bits per heavy atom. The molecule has 66 valence electrons. The van der Waals surface area contributed by atoms with Gasteiger partial charge in [0.1, 0.15) is 0 Å². The van der Waals surface area contributed by atoms with Crippen LogP contribution in [0.2, 0.25) is 0 Å². The van der Waals surface area contributed by atoms with E-state index in [4.69, 9.17) is 5.73 Å². The van der Waals surface area contributed by atoms with Gasteiger partial charge in [-0.2, -0.15) is 11.8 Å². The number of thioether (sulfide) groups is 1. The first-order valence-corrected chi connectivity index (χ1v) is 5.81. The molecule has 0 fully saturated rings. The highest BCUT2D eigenvalue weighted by molar-refractivity contribution is 9.10. The Morgan fingerprint density at radius 2 is 2.25 bits per heavy atom. The molecule has 0 heterocycles. The van der Waals surface area contributed by atoms with Gasteiger partial charge in [0.2, 0.25) is 0 Å². The van der Waals surface area contributed by atoms with E-state index in [1.165, 1.54) is 5.56 Å². The molecule has 0 atom stereocenters. The number of nitrogen functional groups attached to an aromatic ring is 1. The third-order valence-electron chi connectivity index (χ3n) is 1.61. The van der Waals surface area contributed by atoms with E-state index in [2.05, 4.69) is 22.9 Å². The lowest BCUT2D eigenvalue weighted by Crippen LogP contribution is -1.93. The first-order chi connectivity index (χ1) is 5.75. The zero-order valence-corrected chi connectivity index (χ0v) is 9.41. The van der Waals surface area contributed by atoms with Gasteiger partial charge in [0.15, 0.2) is 0 Å². The molecule has 3 heteroatoms. The molecule has 0 saturated heterocycles. The Labute approximate surface area is 85.9 Å². The Bertz CT molecular complexity index is 242. The van der Waals surface area contributed by atoms with E-state index in [-0.39, 0.29) is 0 Å². The van der Waals surface area contributed by atoms with Gasteiger partial charge in [-0.25, -0.2) is 0 Å². The average Bonchev–Trinajstić information content (AvgIpc) is 2.04. The summed E-state index contributed by atoms with van der Waals surface area (Å²) in [7, 11) is 0. The predicted molar refractivity (Wildman–Crippen MR) is 60.4 cm³/mol. The van der Waals surface area contributed by atoms with Crippen LogP contribution in [0.25, 0.3) is 0 Å². The second-order valence-electron chi connectivity index (χ2n) is 2.44. The van der Waals surface area contributed by atoms with Crippen molar-refractivity contribution in [3.63, 3.8) is 0 Å². The normalized spacial score (nSPS) is 10.2. The fraction of sp³-hybridized carbons (Fsp3) is 0.333. The van der Waals surface area contributed by atoms with E-state index in [1.807, 2.05) is 30.0 Å². The highest BCUT2D eigenvalue weighted by Crippen LogP contribution is 2.26. The molecule has 2 N–H and O–H groups in total. The first kappa shape index (κ1) is 9.93. The maximum absolute atomic E-state index is 5.82. The van der Waals surface area contributed by atoms with Crippen LogP contribution < -0.4 is 5.73 Å². The van der Waals surface area contributed by atoms with Crippen molar-refractivity contribution in [2.45, 2.75) is 12.7 Å². The molecular weight excluding hydrogens is 234 g/mol. The molecule has 1 rings (SSSR count). The summed E-state index contributed by atoms with van der Waals surface area (Å²) in [5, 5.41) is 0. The molecule has 0 aliphatic heterocycles. The van der Waals surface area contributed by atoms with Crippen molar-refractivity contribution in [1.29, 1.82) is 0 Å². The summed E-state index contributed by atoms with van der Waals surface area (Å²) in [6.45, 7) is 2.15. The Morgan fingerprint density at radius 3 is 2.83 bits per heavy atom. The maximum Gasteiger partial charge on any atom is 0.0366 e. The first-order valence-electron chi connectivity index (χ1n) is 3.86. The zero-order valence-electron chi connectivity index (χ0n) is 7.01. The van der Waals surface area contributed by atoms with Gasteiger partial charge in [0.05, 0.1) is 0 Å². The summed E-state index contributed by atoms with van der Waals surface area (Å²) in [5.41, 5.74) is 7.91. The number of anilines is 1. The van der Waals surface area contributed by atoms with Crippen LogP contribution in [0.3, 0.4) is 0 Å². The van der Waals surface area contributed by atoms with E-state index in [1.54, 1.807) is 0 Å². The lowest BCUT2D eigenvalue weighted by molar-refractivity contribution is 1.37. The zero-order chi connectivity index (χ0) is 8.97. The van der Waals surface area contributed by atoms with E-state index >= 15 is 0 Å². The molecule has 0 aliphatic carbocycles. The molecule has 0 amide bonds. The quantitative estimate of drug-likeness (QED) is 0.828. The molecule has 0 aromatic heterocycles. The van der Waals surface area contributed by atoms with Crippen LogP contribution in [-0.4, -0.2) is 5.75 Å². The molecule has 0 aliphatic rings. The predicted octanol–water partition coefficient (Wildman–Crippen LogP) is 3.28. The molecule has 0 bridgehead atoms. The minimum Gasteiger partial charge on any atom is -0.398 e. The number of hydrogen-bond donors (Lipinski definition) is 1. The lowest BCUT2D eigenvalue weighted by Gasteiger charge is -2.06. The second-order valence-corrected chi connectivity index (χ2v) is 4.57. The van der Waals surface area contributed by atoms with Crippen molar-refractivity contribution in [3.05, 3.63) is 28.2 Å². The van der Waals surface area contributed by atoms with E-state index in [9.17, 15) is 0 Å². The van der Waals surface area contributed by atoms with Gasteiger partial charge >= 0.3 is 0 Å². The Balaban J connectivity index is 2.81. The minimum absolute atomic E-state index is 0.880. The second kappa shape index (κ2) is 4.77. The van der Waals surface area contributed by atoms with Crippen molar-refractivity contribution < 1.29 is 0 Å². The molecule has 0 radical (unpaired) electrons. The number of rotatable bonds is 3. The Hall–Kier alpha value is -0.150. The third kappa shape index (κ3) is 2.42. The van der Waals surface area contributed by atoms with Gasteiger partial charge < -0.3 is 5.73 Å². The van der Waals surface area contributed by atoms with E-state index < -0.39 is 0 Å². The lowest BCUT2D eigenvalue weighted by atomic mass is 10.2. The summed E-state index contributed by atoms with van der Waals surface area (Å²) >= 11 is 5.36. The summed E-state index contributed by atoms with van der Waals surface area (Å²) in [6.07, 6.45) is 0. The van der Waals surface area contributed by atoms with Crippen LogP contribution in [0.4, 0.5) is 5.69 Å². The standard InChI is InChI=1S/C9H12BrNS/c1-2-12-6-7-8(10)4-3-5-9(7)11/h3-5H,2,6,11H2,1H3. The van der Waals surface area contributed by atoms with Crippen molar-refractivity contribution in [2.24, 2.45) is 0 Å². The molecule has 12 heavy (non-hydrogen) atoms. The van der Waals surface area contributed by atoms with Crippen molar-refractivity contribution in [2.75, 3.05) is 11.5 Å². The van der Waals surface area contributed by atoms with Crippen LogP contribution in [0.5, 0.6) is 0 Å². The largest absolute Gasteiger partial charge is 0.398 e. The SMILES string of the molecule is CCSCc1c(N)cccc1Br. The summed E-state index contributed by atoms with van der Waals surface area (Å²) < 4.78 is 1.11. The number of halogens is 1. The summed E-state index contributed by atoms with van der Waals surface area (Å²) in [5.74, 6) is 2.12. The molecular formula is C9H12BrNS. The molecule has 0 unspecified atom stereocenters. The smallest absolute Gasteiger partial charge is 0.0366 e. The van der Waals surface area contributed by atoms with E-state index in [0.717, 1.165) is 21.7 Å². The monoisotopic (exact) mass is 245 g/mol. The topological polar surface area (TPSA) is 26.0 Å². The average molecular weight is 246 g/mol. The van der Waals surface area contributed by atoms with Gasteiger partial charge in [-0.3, -0.25) is 0 Å². The van der Waals surface area contributed by atoms with Crippen LogP contribution >= 0.6 is 27.7 Å². The summed E-state index contributed by atoms with van der Waals surface area (Å²) in [6, 6.07) is 5.93. The van der Waals surface area contributed by atoms with Gasteiger partial charge in [-0.1, -0.05) is 28.9 Å². The Kier molecular flexibility index (Phi) is 3.95. The highest BCUT2D eigenvalue weighted by Gasteiger charge is 2.02. The minimum atomic E-state index is 0.880. The fourth-order valence-electron chi connectivity index (χ4n) is 0.932. The van der Waals surface area contributed by atoms with Crippen LogP contribution in [0.15, 0.2) is 22.7 Å². The highest BCUT2D eigenvalue weighted by atomic mass is 79.9. The summed E-state index contributed by atoms with van der Waals surface area (Å²) in [4.78, 5) is 0. The van der Waals surface area contributed by atoms with Crippen LogP contribution in [-0.2, 0) is 5.75 Å². The van der Waals surface area contributed by atoms with Crippen molar-refractivity contribution >= 4 is 33.4 Å². The number of benzene rings is 1. The van der Waals surface area contributed by atoms with E-state index in [0.29, 0.717) is 0 Å². The third-order valence-corrected chi connectivity index (χ3v) is 3.25. The molecule has 0 saturated carbocycles. The van der Waals surface area contributed by atoms with Gasteiger partial charge in [0, 0.05) is 15.9 Å². The van der Waals surface area contributed by atoms with Crippen molar-refractivity contribution in [1.82, 2.24) is 0 Å². The molecule has 0 spiro atoms. The number of hydrogen-bond acceptors (Lipinski definition) is 2. The van der Waals surface area contributed by atoms with Gasteiger partial charge in [-0.15, -0.1) is 0 Å². The fourth-order valence-corrected chi connectivity index (χ4v) is 2.37. The molecule has 1 aromatic carbocycles. The van der Waals surface area contributed by atoms with Crippen molar-refractivity contribution in [3.8, 4) is 0 Å². The van der Waals surface area contributed by atoms with Gasteiger partial charge in [-0.05, 0) is 23.4 Å². The molecule has 1 nitrogen and oxygen atoms in total. The van der Waals surface area contributed by atoms with Crippen LogP contribution in [0.1, 0.15) is 12.5 Å².